The maximum absolute atomic E-state index is 12.5. The van der Waals surface area contributed by atoms with Crippen LogP contribution in [0.5, 0.6) is 0 Å². The molecule has 21 heavy (non-hydrogen) atoms. The third-order valence-electron chi connectivity index (χ3n) is 3.94. The Morgan fingerprint density at radius 2 is 1.90 bits per heavy atom. The van der Waals surface area contributed by atoms with Gasteiger partial charge in [0.1, 0.15) is 5.92 Å². The summed E-state index contributed by atoms with van der Waals surface area (Å²) in [4.78, 5) is 23.8. The van der Waals surface area contributed by atoms with Crippen molar-refractivity contribution in [3.05, 3.63) is 40.9 Å². The first-order valence-electron chi connectivity index (χ1n) is 6.61. The Labute approximate surface area is 126 Å². The third-order valence-corrected chi connectivity index (χ3v) is 4.18. The number of fused-ring (bicyclic) bond motifs is 2. The van der Waals surface area contributed by atoms with Crippen LogP contribution in [0.1, 0.15) is 5.56 Å². The zero-order valence-electron chi connectivity index (χ0n) is 11.2. The lowest BCUT2D eigenvalue weighted by Gasteiger charge is -2.21. The number of anilines is 1. The maximum atomic E-state index is 12.5. The van der Waals surface area contributed by atoms with Gasteiger partial charge in [-0.25, -0.2) is 0 Å². The molecule has 3 rings (SSSR count). The minimum Gasteiger partial charge on any atom is -0.481 e. The minimum absolute atomic E-state index is 0.357. The normalized spacial score (nSPS) is 29.6. The minimum atomic E-state index is -1.02. The van der Waals surface area contributed by atoms with Gasteiger partial charge in [-0.3, -0.25) is 9.59 Å². The van der Waals surface area contributed by atoms with E-state index in [-0.39, 0.29) is 5.91 Å². The van der Waals surface area contributed by atoms with Crippen molar-refractivity contribution < 1.29 is 19.4 Å². The van der Waals surface area contributed by atoms with Crippen LogP contribution in [0.3, 0.4) is 0 Å². The van der Waals surface area contributed by atoms with E-state index in [1.165, 1.54) is 0 Å². The highest BCUT2D eigenvalue weighted by Gasteiger charge is 2.53. The van der Waals surface area contributed by atoms with Crippen LogP contribution in [0.25, 0.3) is 0 Å². The van der Waals surface area contributed by atoms with E-state index in [0.717, 1.165) is 5.56 Å². The molecule has 1 saturated heterocycles. The average Bonchev–Trinajstić information content (AvgIpc) is 3.03. The predicted molar refractivity (Wildman–Crippen MR) is 77.2 cm³/mol. The van der Waals surface area contributed by atoms with Crippen LogP contribution in [-0.2, 0) is 14.3 Å². The number of hydrogen-bond donors (Lipinski definition) is 2. The number of hydrogen-bond acceptors (Lipinski definition) is 3. The zero-order valence-corrected chi connectivity index (χ0v) is 12.0. The van der Waals surface area contributed by atoms with Gasteiger partial charge in [0, 0.05) is 10.7 Å². The number of carbonyl (C=O) groups is 2. The Morgan fingerprint density at radius 1 is 1.24 bits per heavy atom. The van der Waals surface area contributed by atoms with E-state index in [1.807, 2.05) is 6.92 Å². The van der Waals surface area contributed by atoms with Crippen LogP contribution >= 0.6 is 11.6 Å². The quantitative estimate of drug-likeness (QED) is 0.840. The molecule has 0 saturated carbocycles. The Bertz CT molecular complexity index is 643. The average molecular weight is 308 g/mol. The number of nitrogens with one attached hydrogen (secondary N) is 1. The fourth-order valence-electron chi connectivity index (χ4n) is 2.86. The highest BCUT2D eigenvalue weighted by atomic mass is 35.5. The van der Waals surface area contributed by atoms with Crippen molar-refractivity contribution in [2.45, 2.75) is 19.1 Å². The molecule has 1 amide bonds. The van der Waals surface area contributed by atoms with Crippen molar-refractivity contribution in [1.29, 1.82) is 0 Å². The summed E-state index contributed by atoms with van der Waals surface area (Å²) in [6, 6.07) is 5.17. The summed E-state index contributed by atoms with van der Waals surface area (Å²) in [6.07, 6.45) is 2.45. The van der Waals surface area contributed by atoms with Crippen molar-refractivity contribution in [3.63, 3.8) is 0 Å². The third kappa shape index (κ3) is 2.43. The summed E-state index contributed by atoms with van der Waals surface area (Å²) in [7, 11) is 0. The van der Waals surface area contributed by atoms with Gasteiger partial charge in [-0.1, -0.05) is 29.8 Å². The van der Waals surface area contributed by atoms with Gasteiger partial charge in [-0.2, -0.15) is 0 Å². The Hall–Kier alpha value is -1.85. The molecule has 0 radical (unpaired) electrons. The molecule has 4 atom stereocenters. The number of carbonyl (C=O) groups excluding carboxylic acids is 1. The number of aliphatic carboxylic acids is 1. The van der Waals surface area contributed by atoms with Gasteiger partial charge in [0.05, 0.1) is 18.1 Å². The predicted octanol–water partition coefficient (Wildman–Crippen LogP) is 2.24. The van der Waals surface area contributed by atoms with Gasteiger partial charge in [-0.15, -0.1) is 0 Å². The molecule has 2 aliphatic heterocycles. The van der Waals surface area contributed by atoms with Gasteiger partial charge < -0.3 is 15.2 Å². The zero-order chi connectivity index (χ0) is 15.1. The Kier molecular flexibility index (Phi) is 3.47. The highest BCUT2D eigenvalue weighted by Crippen LogP contribution is 2.40. The molecule has 2 aliphatic rings. The van der Waals surface area contributed by atoms with Crippen molar-refractivity contribution in [3.8, 4) is 0 Å². The smallest absolute Gasteiger partial charge is 0.310 e. The summed E-state index contributed by atoms with van der Waals surface area (Å²) in [5.41, 5.74) is 1.45. The van der Waals surface area contributed by atoms with E-state index >= 15 is 0 Å². The van der Waals surface area contributed by atoms with Crippen LogP contribution in [0, 0.1) is 18.8 Å². The molecule has 6 heteroatoms. The van der Waals surface area contributed by atoms with Crippen LogP contribution in [-0.4, -0.2) is 29.2 Å². The lowest BCUT2D eigenvalue weighted by Crippen LogP contribution is -2.39. The number of benzene rings is 1. The molecule has 2 bridgehead atoms. The SMILES string of the molecule is Cc1ccc(Cl)cc1NC(=O)C1C2C=CC(O2)C1C(=O)O. The second-order valence-electron chi connectivity index (χ2n) is 5.29. The lowest BCUT2D eigenvalue weighted by atomic mass is 9.82. The number of amides is 1. The lowest BCUT2D eigenvalue weighted by molar-refractivity contribution is -0.145. The molecule has 1 fully saturated rings. The molecule has 4 unspecified atom stereocenters. The molecule has 1 aromatic rings. The monoisotopic (exact) mass is 307 g/mol. The van der Waals surface area contributed by atoms with E-state index in [2.05, 4.69) is 5.32 Å². The highest BCUT2D eigenvalue weighted by molar-refractivity contribution is 6.31. The van der Waals surface area contributed by atoms with E-state index in [9.17, 15) is 14.7 Å². The Balaban J connectivity index is 1.83. The molecule has 0 aromatic heterocycles. The second kappa shape index (κ2) is 5.16. The summed E-state index contributed by atoms with van der Waals surface area (Å²) in [5, 5.41) is 12.6. The number of rotatable bonds is 3. The first-order valence-corrected chi connectivity index (χ1v) is 6.99. The summed E-state index contributed by atoms with van der Waals surface area (Å²) in [6.45, 7) is 1.85. The molecule has 110 valence electrons. The fourth-order valence-corrected chi connectivity index (χ4v) is 3.03. The van der Waals surface area contributed by atoms with E-state index in [0.29, 0.717) is 10.7 Å². The molecular weight excluding hydrogens is 294 g/mol. The maximum Gasteiger partial charge on any atom is 0.310 e. The number of carboxylic acid groups (broad SMARTS) is 1. The summed E-state index contributed by atoms with van der Waals surface area (Å²) < 4.78 is 5.49. The first kappa shape index (κ1) is 14.1. The number of carboxylic acids is 1. The first-order chi connectivity index (χ1) is 9.97. The van der Waals surface area contributed by atoms with E-state index < -0.39 is 30.0 Å². The molecule has 2 N–H and O–H groups in total. The van der Waals surface area contributed by atoms with Crippen molar-refractivity contribution in [2.24, 2.45) is 11.8 Å². The molecular formula is C15H14ClNO4. The van der Waals surface area contributed by atoms with Crippen molar-refractivity contribution in [1.82, 2.24) is 0 Å². The van der Waals surface area contributed by atoms with Crippen LogP contribution in [0.4, 0.5) is 5.69 Å². The largest absolute Gasteiger partial charge is 0.481 e. The van der Waals surface area contributed by atoms with Crippen LogP contribution in [0.2, 0.25) is 5.02 Å². The van der Waals surface area contributed by atoms with Gasteiger partial charge in [-0.05, 0) is 24.6 Å². The van der Waals surface area contributed by atoms with E-state index in [1.54, 1.807) is 30.4 Å². The van der Waals surface area contributed by atoms with Crippen molar-refractivity contribution in [2.75, 3.05) is 5.32 Å². The number of halogens is 1. The van der Waals surface area contributed by atoms with Crippen molar-refractivity contribution >= 4 is 29.2 Å². The molecule has 0 aliphatic carbocycles. The van der Waals surface area contributed by atoms with Gasteiger partial charge >= 0.3 is 5.97 Å². The summed E-state index contributed by atoms with van der Waals surface area (Å²) >= 11 is 5.92. The van der Waals surface area contributed by atoms with Gasteiger partial charge in [0.25, 0.3) is 0 Å². The molecule has 5 nitrogen and oxygen atoms in total. The fraction of sp³-hybridized carbons (Fsp3) is 0.333. The van der Waals surface area contributed by atoms with Gasteiger partial charge in [0.2, 0.25) is 5.91 Å². The number of aryl methyl sites for hydroxylation is 1. The topological polar surface area (TPSA) is 75.6 Å². The summed E-state index contributed by atoms with van der Waals surface area (Å²) in [5.74, 6) is -2.95. The molecule has 0 spiro atoms. The van der Waals surface area contributed by atoms with Crippen LogP contribution < -0.4 is 5.32 Å². The number of ether oxygens (including phenoxy) is 1. The van der Waals surface area contributed by atoms with E-state index in [4.69, 9.17) is 16.3 Å². The van der Waals surface area contributed by atoms with Crippen LogP contribution in [0.15, 0.2) is 30.4 Å². The Morgan fingerprint density at radius 3 is 2.57 bits per heavy atom. The molecule has 1 aromatic carbocycles. The standard InChI is InChI=1S/C15H14ClNO4/c1-7-2-3-8(16)6-9(7)17-14(18)12-10-4-5-11(21-10)13(12)15(19)20/h2-6,10-13H,1H3,(H,17,18)(H,19,20). The van der Waals surface area contributed by atoms with Gasteiger partial charge in [0.15, 0.2) is 0 Å². The molecule has 2 heterocycles. The second-order valence-corrected chi connectivity index (χ2v) is 5.72.